The van der Waals surface area contributed by atoms with Gasteiger partial charge in [-0.05, 0) is 79.4 Å². The van der Waals surface area contributed by atoms with Crippen LogP contribution >= 0.6 is 15.9 Å². The quantitative estimate of drug-likeness (QED) is 0.294. The van der Waals surface area contributed by atoms with Crippen LogP contribution in [0.4, 0.5) is 11.4 Å². The summed E-state index contributed by atoms with van der Waals surface area (Å²) in [5.41, 5.74) is 7.52. The predicted molar refractivity (Wildman–Crippen MR) is 142 cm³/mol. The highest BCUT2D eigenvalue weighted by Gasteiger charge is 2.22. The number of nitrogens with zero attached hydrogens (tertiary/aromatic N) is 1. The van der Waals surface area contributed by atoms with Crippen LogP contribution in [0.25, 0.3) is 10.9 Å². The average Bonchev–Trinajstić information content (AvgIpc) is 3.16. The summed E-state index contributed by atoms with van der Waals surface area (Å²) in [4.78, 5) is 38.8. The topological polar surface area (TPSA) is 92.2 Å². The Morgan fingerprint density at radius 3 is 2.29 bits per heavy atom. The third-order valence-corrected chi connectivity index (χ3v) is 6.04. The molecule has 0 saturated carbocycles. The molecule has 4 rings (SSSR count). The summed E-state index contributed by atoms with van der Waals surface area (Å²) in [5, 5.41) is 6.27. The Kier molecular flexibility index (Phi) is 7.02. The summed E-state index contributed by atoms with van der Waals surface area (Å²) in [5.74, 6) is -2.14. The number of hydrogen-bond donors (Lipinski definition) is 3. The molecule has 178 valence electrons. The molecule has 0 fully saturated rings. The van der Waals surface area contributed by atoms with Crippen molar-refractivity contribution in [2.75, 3.05) is 16.1 Å². The van der Waals surface area contributed by atoms with E-state index in [4.69, 9.17) is 0 Å². The normalized spacial score (nSPS) is 10.7. The Hall–Kier alpha value is -3.91. The Labute approximate surface area is 211 Å². The number of nitrogens with one attached hydrogen (secondary N) is 3. The van der Waals surface area contributed by atoms with E-state index in [0.717, 1.165) is 26.5 Å². The lowest BCUT2D eigenvalue weighted by molar-refractivity contribution is -0.133. The summed E-state index contributed by atoms with van der Waals surface area (Å²) in [6.07, 6.45) is 0.706. The molecule has 4 aromatic rings. The molecule has 0 aliphatic rings. The second kappa shape index (κ2) is 10.1. The van der Waals surface area contributed by atoms with Crippen LogP contribution in [-0.4, -0.2) is 22.4 Å². The van der Waals surface area contributed by atoms with Crippen LogP contribution in [0.3, 0.4) is 0 Å². The summed E-state index contributed by atoms with van der Waals surface area (Å²) < 4.78 is 2.16. The molecule has 0 bridgehead atoms. The first-order chi connectivity index (χ1) is 16.7. The zero-order valence-corrected chi connectivity index (χ0v) is 21.2. The van der Waals surface area contributed by atoms with Crippen molar-refractivity contribution in [3.05, 3.63) is 93.6 Å². The van der Waals surface area contributed by atoms with Crippen molar-refractivity contribution in [2.24, 2.45) is 0 Å². The number of fused-ring (bicyclic) bond motifs is 1. The number of carbonyl (C=O) groups excluding carboxylic acids is 3. The molecule has 3 amide bonds. The minimum absolute atomic E-state index is 0.187. The number of rotatable bonds is 5. The Morgan fingerprint density at radius 2 is 1.57 bits per heavy atom. The van der Waals surface area contributed by atoms with Crippen molar-refractivity contribution in [3.63, 3.8) is 0 Å². The van der Waals surface area contributed by atoms with Gasteiger partial charge in [-0.3, -0.25) is 19.8 Å². The van der Waals surface area contributed by atoms with Crippen molar-refractivity contribution < 1.29 is 14.4 Å². The van der Waals surface area contributed by atoms with Gasteiger partial charge in [-0.2, -0.15) is 0 Å². The van der Waals surface area contributed by atoms with Gasteiger partial charge in [0.1, 0.15) is 5.69 Å². The largest absolute Gasteiger partial charge is 0.328 e. The van der Waals surface area contributed by atoms with Gasteiger partial charge in [-0.15, -0.1) is 0 Å². The van der Waals surface area contributed by atoms with Crippen molar-refractivity contribution in [1.29, 1.82) is 0 Å². The number of carbonyl (C=O) groups is 3. The molecule has 35 heavy (non-hydrogen) atoms. The molecule has 0 radical (unpaired) electrons. The average molecular weight is 533 g/mol. The lowest BCUT2D eigenvalue weighted by Gasteiger charge is -2.14. The van der Waals surface area contributed by atoms with Crippen molar-refractivity contribution in [1.82, 2.24) is 4.68 Å². The lowest BCUT2D eigenvalue weighted by atomic mass is 10.1. The number of benzene rings is 3. The Bertz CT molecular complexity index is 1440. The molecule has 3 N–H and O–H groups in total. The molecule has 3 aromatic carbocycles. The van der Waals surface area contributed by atoms with Gasteiger partial charge in [0.2, 0.25) is 0 Å². The molecule has 0 saturated heterocycles. The first kappa shape index (κ1) is 24.2. The first-order valence-corrected chi connectivity index (χ1v) is 12.0. The summed E-state index contributed by atoms with van der Waals surface area (Å²) in [7, 11) is 0. The molecule has 1 aromatic heterocycles. The minimum Gasteiger partial charge on any atom is -0.321 e. The molecule has 0 spiro atoms. The zero-order valence-electron chi connectivity index (χ0n) is 19.6. The minimum atomic E-state index is -0.892. The van der Waals surface area contributed by atoms with Gasteiger partial charge in [0, 0.05) is 21.2 Å². The van der Waals surface area contributed by atoms with Crippen LogP contribution in [0.2, 0.25) is 0 Å². The van der Waals surface area contributed by atoms with Crippen LogP contribution in [-0.2, 0) is 16.0 Å². The number of para-hydroxylation sites is 1. The van der Waals surface area contributed by atoms with Gasteiger partial charge in [-0.25, -0.2) is 4.68 Å². The van der Waals surface area contributed by atoms with Crippen molar-refractivity contribution >= 4 is 55.9 Å². The molecule has 0 atom stereocenters. The van der Waals surface area contributed by atoms with Gasteiger partial charge in [-0.1, -0.05) is 47.1 Å². The second-order valence-electron chi connectivity index (χ2n) is 8.30. The molecule has 0 unspecified atom stereocenters. The summed E-state index contributed by atoms with van der Waals surface area (Å²) >= 11 is 3.44. The van der Waals surface area contributed by atoms with Gasteiger partial charge in [0.05, 0.1) is 5.52 Å². The van der Waals surface area contributed by atoms with Gasteiger partial charge >= 0.3 is 11.8 Å². The summed E-state index contributed by atoms with van der Waals surface area (Å²) in [6.45, 7) is 5.87. The Balaban J connectivity index is 1.64. The number of halogens is 1. The molecular formula is C27H25BrN4O3. The van der Waals surface area contributed by atoms with E-state index in [1.54, 1.807) is 30.3 Å². The third kappa shape index (κ3) is 5.44. The van der Waals surface area contributed by atoms with E-state index in [1.807, 2.05) is 57.2 Å². The Morgan fingerprint density at radius 1 is 0.857 bits per heavy atom. The fraction of sp³-hybridized carbons (Fsp3) is 0.148. The van der Waals surface area contributed by atoms with E-state index in [-0.39, 0.29) is 5.69 Å². The van der Waals surface area contributed by atoms with Crippen LogP contribution < -0.4 is 16.1 Å². The highest BCUT2D eigenvalue weighted by atomic mass is 79.9. The third-order valence-electron chi connectivity index (χ3n) is 5.54. The van der Waals surface area contributed by atoms with Crippen LogP contribution in [0.1, 0.15) is 34.1 Å². The molecule has 0 aliphatic carbocycles. The van der Waals surface area contributed by atoms with E-state index in [9.17, 15) is 14.4 Å². The standard InChI is InChI=1S/C27H25BrN4O3/c1-4-18-7-5-6-8-22(18)30-26(34)27(35)31-32-23-10-9-20(28)14-19(23)15-24(32)25(33)29-21-12-16(2)11-17(3)13-21/h5-15H,4H2,1-3H3,(H,29,33)(H,30,34)(H,31,35). The highest BCUT2D eigenvalue weighted by Crippen LogP contribution is 2.24. The van der Waals surface area contributed by atoms with E-state index in [0.29, 0.717) is 23.3 Å². The van der Waals surface area contributed by atoms with E-state index < -0.39 is 17.7 Å². The lowest BCUT2D eigenvalue weighted by Crippen LogP contribution is -2.36. The smallest absolute Gasteiger partial charge is 0.321 e. The first-order valence-electron chi connectivity index (χ1n) is 11.2. The summed E-state index contributed by atoms with van der Waals surface area (Å²) in [6, 6.07) is 20.1. The fourth-order valence-corrected chi connectivity index (χ4v) is 4.38. The van der Waals surface area contributed by atoms with E-state index in [2.05, 4.69) is 32.0 Å². The molecular weight excluding hydrogens is 508 g/mol. The molecule has 1 heterocycles. The van der Waals surface area contributed by atoms with Crippen molar-refractivity contribution in [2.45, 2.75) is 27.2 Å². The van der Waals surface area contributed by atoms with Gasteiger partial charge in [0.25, 0.3) is 5.91 Å². The van der Waals surface area contributed by atoms with E-state index in [1.165, 1.54) is 4.68 Å². The fourth-order valence-electron chi connectivity index (χ4n) is 4.00. The molecule has 7 nitrogen and oxygen atoms in total. The van der Waals surface area contributed by atoms with Crippen LogP contribution in [0.15, 0.2) is 71.2 Å². The number of anilines is 2. The second-order valence-corrected chi connectivity index (χ2v) is 9.22. The number of amides is 3. The number of aryl methyl sites for hydroxylation is 3. The molecule has 8 heteroatoms. The predicted octanol–water partition coefficient (Wildman–Crippen LogP) is 5.54. The zero-order chi connectivity index (χ0) is 25.1. The van der Waals surface area contributed by atoms with Crippen molar-refractivity contribution in [3.8, 4) is 0 Å². The maximum atomic E-state index is 13.2. The highest BCUT2D eigenvalue weighted by molar-refractivity contribution is 9.10. The molecule has 0 aliphatic heterocycles. The van der Waals surface area contributed by atoms with E-state index >= 15 is 0 Å². The maximum absolute atomic E-state index is 13.2. The monoisotopic (exact) mass is 532 g/mol. The van der Waals surface area contributed by atoms with Gasteiger partial charge < -0.3 is 10.6 Å². The van der Waals surface area contributed by atoms with Gasteiger partial charge in [0.15, 0.2) is 0 Å². The maximum Gasteiger partial charge on any atom is 0.328 e. The van der Waals surface area contributed by atoms with Crippen LogP contribution in [0, 0.1) is 13.8 Å². The number of aromatic nitrogens is 1. The SMILES string of the molecule is CCc1ccccc1NC(=O)C(=O)Nn1c(C(=O)Nc2cc(C)cc(C)c2)cc2cc(Br)ccc21. The van der Waals surface area contributed by atoms with Crippen LogP contribution in [0.5, 0.6) is 0 Å². The number of hydrogen-bond acceptors (Lipinski definition) is 3.